The number of carbonyl (C=O) groups is 1. The lowest BCUT2D eigenvalue weighted by molar-refractivity contribution is 0.102. The van der Waals surface area contributed by atoms with Crippen LogP contribution in [0.2, 0.25) is 5.02 Å². The van der Waals surface area contributed by atoms with E-state index in [0.717, 1.165) is 5.69 Å². The number of nitrogens with zero attached hydrogens (tertiary/aromatic N) is 2. The number of rotatable bonds is 3. The van der Waals surface area contributed by atoms with Crippen LogP contribution in [-0.4, -0.2) is 17.9 Å². The smallest absolute Gasteiger partial charge is 0.274 e. The second kappa shape index (κ2) is 6.04. The second-order valence-electron chi connectivity index (χ2n) is 3.94. The fourth-order valence-corrected chi connectivity index (χ4v) is 1.78. The van der Waals surface area contributed by atoms with Crippen molar-refractivity contribution in [1.82, 2.24) is 4.98 Å². The SMILES string of the molecule is CNc1ccc(C(=O)Nc2ccc(C#N)c(Cl)c2)nc1. The van der Waals surface area contributed by atoms with E-state index in [1.165, 1.54) is 6.07 Å². The van der Waals surface area contributed by atoms with Crippen molar-refractivity contribution in [2.45, 2.75) is 0 Å². The summed E-state index contributed by atoms with van der Waals surface area (Å²) in [5.74, 6) is -0.339. The lowest BCUT2D eigenvalue weighted by Crippen LogP contribution is -2.13. The molecule has 0 saturated carbocycles. The molecule has 0 atom stereocenters. The molecule has 0 radical (unpaired) electrons. The van der Waals surface area contributed by atoms with Crippen LogP contribution in [0.4, 0.5) is 11.4 Å². The van der Waals surface area contributed by atoms with Gasteiger partial charge in [0.1, 0.15) is 11.8 Å². The van der Waals surface area contributed by atoms with E-state index in [0.29, 0.717) is 22.0 Å². The maximum atomic E-state index is 12.0. The van der Waals surface area contributed by atoms with Crippen LogP contribution >= 0.6 is 11.6 Å². The van der Waals surface area contributed by atoms with E-state index in [2.05, 4.69) is 15.6 Å². The Kier molecular flexibility index (Phi) is 4.18. The first-order valence-corrected chi connectivity index (χ1v) is 6.16. The molecule has 0 unspecified atom stereocenters. The fourth-order valence-electron chi connectivity index (χ4n) is 1.55. The van der Waals surface area contributed by atoms with Crippen molar-refractivity contribution >= 4 is 28.9 Å². The van der Waals surface area contributed by atoms with E-state index in [1.807, 2.05) is 6.07 Å². The van der Waals surface area contributed by atoms with E-state index in [1.54, 1.807) is 37.5 Å². The van der Waals surface area contributed by atoms with Crippen LogP contribution < -0.4 is 10.6 Å². The lowest BCUT2D eigenvalue weighted by Gasteiger charge is -2.06. The van der Waals surface area contributed by atoms with Gasteiger partial charge in [-0.3, -0.25) is 4.79 Å². The number of halogens is 1. The molecule has 0 aliphatic heterocycles. The van der Waals surface area contributed by atoms with Gasteiger partial charge in [0, 0.05) is 12.7 Å². The molecule has 0 bridgehead atoms. The Balaban J connectivity index is 2.15. The van der Waals surface area contributed by atoms with Crippen LogP contribution in [0.1, 0.15) is 16.1 Å². The summed E-state index contributed by atoms with van der Waals surface area (Å²) in [4.78, 5) is 16.0. The number of anilines is 2. The summed E-state index contributed by atoms with van der Waals surface area (Å²) >= 11 is 5.90. The van der Waals surface area contributed by atoms with Crippen molar-refractivity contribution in [1.29, 1.82) is 5.26 Å². The first-order valence-electron chi connectivity index (χ1n) is 5.79. The zero-order chi connectivity index (χ0) is 14.5. The minimum atomic E-state index is -0.339. The molecule has 2 aromatic rings. The molecule has 100 valence electrons. The molecule has 1 aromatic carbocycles. The lowest BCUT2D eigenvalue weighted by atomic mass is 10.2. The maximum absolute atomic E-state index is 12.0. The van der Waals surface area contributed by atoms with Gasteiger partial charge in [0.25, 0.3) is 5.91 Å². The number of benzene rings is 1. The Hall–Kier alpha value is -2.58. The summed E-state index contributed by atoms with van der Waals surface area (Å²) in [6.45, 7) is 0. The molecule has 20 heavy (non-hydrogen) atoms. The van der Waals surface area contributed by atoms with Crippen molar-refractivity contribution in [3.05, 3.63) is 52.8 Å². The van der Waals surface area contributed by atoms with E-state index in [4.69, 9.17) is 16.9 Å². The topological polar surface area (TPSA) is 77.8 Å². The number of aromatic nitrogens is 1. The van der Waals surface area contributed by atoms with Crippen molar-refractivity contribution in [3.63, 3.8) is 0 Å². The summed E-state index contributed by atoms with van der Waals surface area (Å²) < 4.78 is 0. The van der Waals surface area contributed by atoms with Gasteiger partial charge in [0.05, 0.1) is 22.5 Å². The van der Waals surface area contributed by atoms with Crippen molar-refractivity contribution in [3.8, 4) is 6.07 Å². The van der Waals surface area contributed by atoms with Gasteiger partial charge >= 0.3 is 0 Å². The van der Waals surface area contributed by atoms with Crippen LogP contribution in [0.5, 0.6) is 0 Å². The summed E-state index contributed by atoms with van der Waals surface area (Å²) in [6.07, 6.45) is 1.57. The third-order valence-electron chi connectivity index (χ3n) is 2.63. The standard InChI is InChI=1S/C14H11ClN4O/c1-17-11-4-5-13(18-8-11)14(20)19-10-3-2-9(7-16)12(15)6-10/h2-6,8,17H,1H3,(H,19,20). The number of hydrogen-bond donors (Lipinski definition) is 2. The van der Waals surface area contributed by atoms with E-state index < -0.39 is 0 Å². The van der Waals surface area contributed by atoms with Gasteiger partial charge in [-0.15, -0.1) is 0 Å². The molecule has 2 N–H and O–H groups in total. The molecule has 0 spiro atoms. The van der Waals surface area contributed by atoms with Crippen LogP contribution in [0, 0.1) is 11.3 Å². The largest absolute Gasteiger partial charge is 0.387 e. The fraction of sp³-hybridized carbons (Fsp3) is 0.0714. The number of hydrogen-bond acceptors (Lipinski definition) is 4. The molecular weight excluding hydrogens is 276 g/mol. The highest BCUT2D eigenvalue weighted by molar-refractivity contribution is 6.32. The molecule has 1 amide bonds. The summed E-state index contributed by atoms with van der Waals surface area (Å²) in [5.41, 5.74) is 1.99. The van der Waals surface area contributed by atoms with E-state index >= 15 is 0 Å². The molecule has 1 aromatic heterocycles. The number of nitrogens with one attached hydrogen (secondary N) is 2. The van der Waals surface area contributed by atoms with Crippen LogP contribution in [-0.2, 0) is 0 Å². The predicted molar refractivity (Wildman–Crippen MR) is 77.9 cm³/mol. The summed E-state index contributed by atoms with van der Waals surface area (Å²) in [7, 11) is 1.77. The Morgan fingerprint density at radius 2 is 2.05 bits per heavy atom. The van der Waals surface area contributed by atoms with Gasteiger partial charge in [-0.25, -0.2) is 4.98 Å². The highest BCUT2D eigenvalue weighted by Gasteiger charge is 2.09. The van der Waals surface area contributed by atoms with E-state index in [-0.39, 0.29) is 5.91 Å². The van der Waals surface area contributed by atoms with Crippen molar-refractivity contribution in [2.24, 2.45) is 0 Å². The monoisotopic (exact) mass is 286 g/mol. The normalized spacial score (nSPS) is 9.65. The van der Waals surface area contributed by atoms with Gasteiger partial charge in [-0.1, -0.05) is 11.6 Å². The first kappa shape index (κ1) is 13.8. The van der Waals surface area contributed by atoms with E-state index in [9.17, 15) is 4.79 Å². The van der Waals surface area contributed by atoms with Crippen LogP contribution in [0.15, 0.2) is 36.5 Å². The quantitative estimate of drug-likeness (QED) is 0.909. The first-order chi connectivity index (χ1) is 9.63. The van der Waals surface area contributed by atoms with Crippen molar-refractivity contribution in [2.75, 3.05) is 17.7 Å². The minimum Gasteiger partial charge on any atom is -0.387 e. The van der Waals surface area contributed by atoms with Gasteiger partial charge < -0.3 is 10.6 Å². The Labute approximate surface area is 121 Å². The predicted octanol–water partition coefficient (Wildman–Crippen LogP) is 2.90. The third-order valence-corrected chi connectivity index (χ3v) is 2.94. The Bertz CT molecular complexity index is 677. The van der Waals surface area contributed by atoms with Gasteiger partial charge in [0.15, 0.2) is 0 Å². The highest BCUT2D eigenvalue weighted by Crippen LogP contribution is 2.20. The molecule has 0 aliphatic carbocycles. The van der Waals surface area contributed by atoms with Gasteiger partial charge in [0.2, 0.25) is 0 Å². The molecular formula is C14H11ClN4O. The molecule has 0 aliphatic rings. The Morgan fingerprint density at radius 1 is 1.30 bits per heavy atom. The van der Waals surface area contributed by atoms with Gasteiger partial charge in [-0.05, 0) is 30.3 Å². The molecule has 6 heteroatoms. The molecule has 1 heterocycles. The zero-order valence-electron chi connectivity index (χ0n) is 10.6. The average Bonchev–Trinajstić information content (AvgIpc) is 2.47. The molecule has 0 fully saturated rings. The number of amides is 1. The molecule has 2 rings (SSSR count). The number of carbonyl (C=O) groups excluding carboxylic acids is 1. The Morgan fingerprint density at radius 3 is 2.60 bits per heavy atom. The van der Waals surface area contributed by atoms with Crippen molar-refractivity contribution < 1.29 is 4.79 Å². The summed E-state index contributed by atoms with van der Waals surface area (Å²) in [5, 5.41) is 14.7. The zero-order valence-corrected chi connectivity index (χ0v) is 11.4. The van der Waals surface area contributed by atoms with Gasteiger partial charge in [-0.2, -0.15) is 5.26 Å². The maximum Gasteiger partial charge on any atom is 0.274 e. The summed E-state index contributed by atoms with van der Waals surface area (Å²) in [6, 6.07) is 10.0. The minimum absolute atomic E-state index is 0.295. The van der Waals surface area contributed by atoms with Crippen LogP contribution in [0.3, 0.4) is 0 Å². The number of pyridine rings is 1. The highest BCUT2D eigenvalue weighted by atomic mass is 35.5. The average molecular weight is 287 g/mol. The third kappa shape index (κ3) is 3.05. The molecule has 5 nitrogen and oxygen atoms in total. The molecule has 0 saturated heterocycles. The number of nitriles is 1. The van der Waals surface area contributed by atoms with Crippen LogP contribution in [0.25, 0.3) is 0 Å². The second-order valence-corrected chi connectivity index (χ2v) is 4.35.